The smallest absolute Gasteiger partial charge is 0.252 e. The van der Waals surface area contributed by atoms with Gasteiger partial charge in [0.05, 0.1) is 26.5 Å². The number of sulfonamides is 1. The van der Waals surface area contributed by atoms with E-state index in [1.807, 2.05) is 18.2 Å². The second-order valence-electron chi connectivity index (χ2n) is 5.98. The summed E-state index contributed by atoms with van der Waals surface area (Å²) in [6.07, 6.45) is 0.615. The van der Waals surface area contributed by atoms with Crippen molar-refractivity contribution in [3.8, 4) is 22.1 Å². The second-order valence-corrected chi connectivity index (χ2v) is 10.2. The molecule has 0 saturated heterocycles. The summed E-state index contributed by atoms with van der Waals surface area (Å²) in [5, 5.41) is 2.64. The van der Waals surface area contributed by atoms with E-state index in [-0.39, 0.29) is 0 Å². The number of hydrogen-bond donors (Lipinski definition) is 0. The standard InChI is InChI=1S/C18H18N2O4S3/c1-23-14-6-5-12(10-15(14)24-2)18-19-13-7-8-20(11-16(13)26-18)27(21,22)17-4-3-9-25-17/h3-6,9-10H,7-8,11H2,1-2H3. The molecule has 0 saturated carbocycles. The Balaban J connectivity index is 1.63. The Labute approximate surface area is 166 Å². The topological polar surface area (TPSA) is 68.7 Å². The molecule has 2 aromatic heterocycles. The van der Waals surface area contributed by atoms with Gasteiger partial charge >= 0.3 is 0 Å². The fraction of sp³-hybridized carbons (Fsp3) is 0.278. The maximum Gasteiger partial charge on any atom is 0.252 e. The van der Waals surface area contributed by atoms with Crippen molar-refractivity contribution in [3.63, 3.8) is 0 Å². The zero-order chi connectivity index (χ0) is 19.0. The minimum Gasteiger partial charge on any atom is -0.493 e. The van der Waals surface area contributed by atoms with E-state index in [0.29, 0.717) is 35.2 Å². The first kappa shape index (κ1) is 18.4. The van der Waals surface area contributed by atoms with Gasteiger partial charge in [-0.3, -0.25) is 0 Å². The molecule has 0 N–H and O–H groups in total. The van der Waals surface area contributed by atoms with Gasteiger partial charge in [0.25, 0.3) is 10.0 Å². The number of benzene rings is 1. The van der Waals surface area contributed by atoms with Gasteiger partial charge in [-0.25, -0.2) is 13.4 Å². The molecular formula is C18H18N2O4S3. The summed E-state index contributed by atoms with van der Waals surface area (Å²) in [7, 11) is -0.244. The van der Waals surface area contributed by atoms with Crippen molar-refractivity contribution < 1.29 is 17.9 Å². The predicted molar refractivity (Wildman–Crippen MR) is 106 cm³/mol. The molecule has 0 radical (unpaired) electrons. The molecule has 6 nitrogen and oxygen atoms in total. The third-order valence-corrected chi connectivity index (χ3v) is 8.77. The minimum atomic E-state index is -3.44. The summed E-state index contributed by atoms with van der Waals surface area (Å²) in [5.41, 5.74) is 1.90. The van der Waals surface area contributed by atoms with Crippen molar-refractivity contribution in [1.29, 1.82) is 0 Å². The van der Waals surface area contributed by atoms with E-state index in [1.165, 1.54) is 27.0 Å². The third-order valence-electron chi connectivity index (χ3n) is 4.42. The SMILES string of the molecule is COc1ccc(-c2nc3c(s2)CN(S(=O)(=O)c2cccs2)CC3)cc1OC. The van der Waals surface area contributed by atoms with E-state index in [1.54, 1.807) is 31.7 Å². The van der Waals surface area contributed by atoms with Crippen LogP contribution < -0.4 is 9.47 Å². The number of rotatable bonds is 5. The molecule has 1 aromatic carbocycles. The highest BCUT2D eigenvalue weighted by atomic mass is 32.2. The Bertz CT molecular complexity index is 1060. The van der Waals surface area contributed by atoms with Gasteiger partial charge in [0.15, 0.2) is 11.5 Å². The van der Waals surface area contributed by atoms with Crippen LogP contribution in [0.3, 0.4) is 0 Å². The number of hydrogen-bond acceptors (Lipinski definition) is 7. The Hall–Kier alpha value is -1.94. The number of thiazole rings is 1. The van der Waals surface area contributed by atoms with Crippen molar-refractivity contribution in [2.45, 2.75) is 17.2 Å². The Morgan fingerprint density at radius 3 is 2.67 bits per heavy atom. The lowest BCUT2D eigenvalue weighted by molar-refractivity contribution is 0.355. The summed E-state index contributed by atoms with van der Waals surface area (Å²) >= 11 is 2.77. The first-order chi connectivity index (χ1) is 13.0. The minimum absolute atomic E-state index is 0.362. The molecule has 0 fully saturated rings. The van der Waals surface area contributed by atoms with E-state index < -0.39 is 10.0 Å². The maximum atomic E-state index is 12.8. The molecule has 1 aliphatic heterocycles. The molecule has 0 unspecified atom stereocenters. The Morgan fingerprint density at radius 2 is 1.96 bits per heavy atom. The normalized spacial score (nSPS) is 14.7. The van der Waals surface area contributed by atoms with Crippen LogP contribution in [0, 0.1) is 0 Å². The highest BCUT2D eigenvalue weighted by molar-refractivity contribution is 7.91. The molecule has 3 aromatic rings. The van der Waals surface area contributed by atoms with Crippen LogP contribution in [0.15, 0.2) is 39.9 Å². The van der Waals surface area contributed by atoms with E-state index in [0.717, 1.165) is 21.1 Å². The largest absolute Gasteiger partial charge is 0.493 e. The summed E-state index contributed by atoms with van der Waals surface area (Å²) < 4.78 is 38.1. The van der Waals surface area contributed by atoms with Gasteiger partial charge in [-0.1, -0.05) is 6.07 Å². The zero-order valence-electron chi connectivity index (χ0n) is 14.8. The lowest BCUT2D eigenvalue weighted by Gasteiger charge is -2.24. The van der Waals surface area contributed by atoms with Crippen LogP contribution in [0.1, 0.15) is 10.6 Å². The number of ether oxygens (including phenoxy) is 2. The Morgan fingerprint density at radius 1 is 1.15 bits per heavy atom. The number of aromatic nitrogens is 1. The monoisotopic (exact) mass is 422 g/mol. The number of nitrogens with zero attached hydrogens (tertiary/aromatic N) is 2. The highest BCUT2D eigenvalue weighted by Gasteiger charge is 2.31. The summed E-state index contributed by atoms with van der Waals surface area (Å²) in [4.78, 5) is 5.73. The molecule has 142 valence electrons. The molecule has 9 heteroatoms. The number of methoxy groups -OCH3 is 2. The molecule has 0 aliphatic carbocycles. The molecule has 0 amide bonds. The number of fused-ring (bicyclic) bond motifs is 1. The van der Waals surface area contributed by atoms with Crippen LogP contribution in [-0.4, -0.2) is 38.5 Å². The average Bonchev–Trinajstić information content (AvgIpc) is 3.36. The van der Waals surface area contributed by atoms with E-state index in [9.17, 15) is 8.42 Å². The van der Waals surface area contributed by atoms with E-state index in [4.69, 9.17) is 14.5 Å². The van der Waals surface area contributed by atoms with Crippen molar-refractivity contribution >= 4 is 32.7 Å². The average molecular weight is 423 g/mol. The van der Waals surface area contributed by atoms with Crippen molar-refractivity contribution in [2.24, 2.45) is 0 Å². The lowest BCUT2D eigenvalue weighted by atomic mass is 10.2. The zero-order valence-corrected chi connectivity index (χ0v) is 17.3. The van der Waals surface area contributed by atoms with Crippen molar-refractivity contribution in [3.05, 3.63) is 46.3 Å². The lowest BCUT2D eigenvalue weighted by Crippen LogP contribution is -2.35. The van der Waals surface area contributed by atoms with Crippen LogP contribution in [0.25, 0.3) is 10.6 Å². The van der Waals surface area contributed by atoms with E-state index >= 15 is 0 Å². The van der Waals surface area contributed by atoms with Crippen LogP contribution in [-0.2, 0) is 23.0 Å². The van der Waals surface area contributed by atoms with Crippen molar-refractivity contribution in [2.75, 3.05) is 20.8 Å². The van der Waals surface area contributed by atoms with Gasteiger partial charge in [-0.15, -0.1) is 22.7 Å². The van der Waals surface area contributed by atoms with Gasteiger partial charge in [0.2, 0.25) is 0 Å². The van der Waals surface area contributed by atoms with Crippen LogP contribution in [0.5, 0.6) is 11.5 Å². The first-order valence-electron chi connectivity index (χ1n) is 8.27. The van der Waals surface area contributed by atoms with Gasteiger partial charge in [-0.05, 0) is 29.6 Å². The Kier molecular flexibility index (Phi) is 4.94. The fourth-order valence-electron chi connectivity index (χ4n) is 3.01. The highest BCUT2D eigenvalue weighted by Crippen LogP contribution is 2.37. The molecule has 0 bridgehead atoms. The predicted octanol–water partition coefficient (Wildman–Crippen LogP) is 3.64. The number of thiophene rings is 1. The second kappa shape index (κ2) is 7.23. The van der Waals surface area contributed by atoms with Gasteiger partial charge in [0.1, 0.15) is 9.22 Å². The molecule has 1 aliphatic rings. The maximum absolute atomic E-state index is 12.8. The van der Waals surface area contributed by atoms with Crippen LogP contribution in [0.4, 0.5) is 0 Å². The third kappa shape index (κ3) is 3.36. The molecule has 0 spiro atoms. The van der Waals surface area contributed by atoms with Gasteiger partial charge < -0.3 is 9.47 Å². The van der Waals surface area contributed by atoms with Crippen LogP contribution in [0.2, 0.25) is 0 Å². The summed E-state index contributed by atoms with van der Waals surface area (Å²) in [5.74, 6) is 1.31. The van der Waals surface area contributed by atoms with Gasteiger partial charge in [-0.2, -0.15) is 4.31 Å². The molecule has 27 heavy (non-hydrogen) atoms. The summed E-state index contributed by atoms with van der Waals surface area (Å²) in [6, 6.07) is 9.09. The summed E-state index contributed by atoms with van der Waals surface area (Å²) in [6.45, 7) is 0.808. The quantitative estimate of drug-likeness (QED) is 0.628. The van der Waals surface area contributed by atoms with Gasteiger partial charge in [0, 0.05) is 23.4 Å². The molecular weight excluding hydrogens is 404 g/mol. The van der Waals surface area contributed by atoms with E-state index in [2.05, 4.69) is 0 Å². The molecule has 4 rings (SSSR count). The molecule has 3 heterocycles. The molecule has 0 atom stereocenters. The first-order valence-corrected chi connectivity index (χ1v) is 11.4. The fourth-order valence-corrected chi connectivity index (χ4v) is 6.76. The van der Waals surface area contributed by atoms with Crippen LogP contribution >= 0.6 is 22.7 Å². The van der Waals surface area contributed by atoms with Crippen molar-refractivity contribution in [1.82, 2.24) is 9.29 Å².